The van der Waals surface area contributed by atoms with Gasteiger partial charge >= 0.3 is 0 Å². The van der Waals surface area contributed by atoms with E-state index >= 15 is 0 Å². The van der Waals surface area contributed by atoms with Gasteiger partial charge in [0, 0.05) is 29.4 Å². The van der Waals surface area contributed by atoms with Crippen molar-refractivity contribution in [2.24, 2.45) is 0 Å². The van der Waals surface area contributed by atoms with Crippen molar-refractivity contribution in [2.75, 3.05) is 6.54 Å². The Kier molecular flexibility index (Phi) is 5.45. The van der Waals surface area contributed by atoms with Crippen molar-refractivity contribution in [1.29, 1.82) is 0 Å². The predicted octanol–water partition coefficient (Wildman–Crippen LogP) is 1.62. The van der Waals surface area contributed by atoms with E-state index in [0.717, 1.165) is 28.3 Å². The van der Waals surface area contributed by atoms with Crippen LogP contribution in [0.15, 0.2) is 6.07 Å². The number of hydrogen-bond acceptors (Lipinski definition) is 4. The van der Waals surface area contributed by atoms with Crippen LogP contribution in [0.4, 0.5) is 0 Å². The average molecular weight is 345 g/mol. The highest BCUT2D eigenvalue weighted by atomic mass is 16.2. The molecule has 7 nitrogen and oxygen atoms in total. The lowest BCUT2D eigenvalue weighted by atomic mass is 10.1. The molecule has 2 aromatic heterocycles. The molecule has 0 fully saturated rings. The maximum Gasteiger partial charge on any atom is 0.239 e. The van der Waals surface area contributed by atoms with E-state index in [1.54, 1.807) is 0 Å². The second kappa shape index (κ2) is 7.21. The van der Waals surface area contributed by atoms with E-state index in [1.165, 1.54) is 0 Å². The maximum atomic E-state index is 12.0. The third kappa shape index (κ3) is 5.01. The largest absolute Gasteiger partial charge is 0.350 e. The molecule has 0 aliphatic rings. The summed E-state index contributed by atoms with van der Waals surface area (Å²) in [6.07, 6.45) is 0.865. The van der Waals surface area contributed by atoms with Gasteiger partial charge in [0.1, 0.15) is 0 Å². The molecule has 0 bridgehead atoms. The van der Waals surface area contributed by atoms with Gasteiger partial charge in [0.25, 0.3) is 0 Å². The lowest BCUT2D eigenvalue weighted by molar-refractivity contribution is -0.126. The molecule has 0 saturated carbocycles. The molecule has 0 spiro atoms. The molecule has 0 unspecified atom stereocenters. The molecule has 0 saturated heterocycles. The number of aryl methyl sites for hydroxylation is 3. The molecule has 0 atom stereocenters. The van der Waals surface area contributed by atoms with Gasteiger partial charge < -0.3 is 10.6 Å². The summed E-state index contributed by atoms with van der Waals surface area (Å²) < 4.78 is 1.81. The number of hydrogen-bond donors (Lipinski definition) is 2. The fourth-order valence-electron chi connectivity index (χ4n) is 2.77. The van der Waals surface area contributed by atoms with Gasteiger partial charge in [-0.15, -0.1) is 0 Å². The molecule has 0 radical (unpaired) electrons. The zero-order valence-corrected chi connectivity index (χ0v) is 15.9. The predicted molar refractivity (Wildman–Crippen MR) is 96.4 cm³/mol. The van der Waals surface area contributed by atoms with Crippen molar-refractivity contribution in [3.05, 3.63) is 28.7 Å². The van der Waals surface area contributed by atoms with E-state index in [1.807, 2.05) is 52.1 Å². The first-order chi connectivity index (χ1) is 11.6. The number of fused-ring (bicyclic) bond motifs is 1. The van der Waals surface area contributed by atoms with Gasteiger partial charge in [-0.05, 0) is 53.5 Å². The fourth-order valence-corrected chi connectivity index (χ4v) is 2.77. The summed E-state index contributed by atoms with van der Waals surface area (Å²) in [5, 5.41) is 9.91. The van der Waals surface area contributed by atoms with Gasteiger partial charge in [0.2, 0.25) is 11.8 Å². The highest BCUT2D eigenvalue weighted by molar-refractivity contribution is 5.85. The van der Waals surface area contributed by atoms with Crippen molar-refractivity contribution >= 4 is 17.5 Å². The third-order valence-electron chi connectivity index (χ3n) is 3.85. The molecule has 25 heavy (non-hydrogen) atoms. The highest BCUT2D eigenvalue weighted by Crippen LogP contribution is 2.16. The van der Waals surface area contributed by atoms with Gasteiger partial charge in [0.05, 0.1) is 12.2 Å². The second-order valence-corrected chi connectivity index (χ2v) is 7.39. The van der Waals surface area contributed by atoms with Crippen LogP contribution < -0.4 is 10.6 Å². The minimum absolute atomic E-state index is 0.0102. The van der Waals surface area contributed by atoms with Gasteiger partial charge in [-0.2, -0.15) is 5.10 Å². The Morgan fingerprint density at radius 1 is 1.16 bits per heavy atom. The topological polar surface area (TPSA) is 88.4 Å². The highest BCUT2D eigenvalue weighted by Gasteiger charge is 2.15. The Hall–Kier alpha value is -2.44. The molecule has 0 aliphatic carbocycles. The Morgan fingerprint density at radius 2 is 1.84 bits per heavy atom. The number of amides is 2. The van der Waals surface area contributed by atoms with E-state index in [4.69, 9.17) is 0 Å². The summed E-state index contributed by atoms with van der Waals surface area (Å²) in [5.41, 5.74) is 4.34. The van der Waals surface area contributed by atoms with Crippen LogP contribution in [0, 0.1) is 20.8 Å². The van der Waals surface area contributed by atoms with Crippen molar-refractivity contribution < 1.29 is 9.59 Å². The zero-order chi connectivity index (χ0) is 18.8. The van der Waals surface area contributed by atoms with Crippen LogP contribution in [0.1, 0.15) is 49.8 Å². The molecule has 2 rings (SSSR count). The second-order valence-electron chi connectivity index (χ2n) is 7.39. The van der Waals surface area contributed by atoms with Crippen LogP contribution in [0.2, 0.25) is 0 Å². The minimum atomic E-state index is -0.307. The third-order valence-corrected chi connectivity index (χ3v) is 3.85. The summed E-state index contributed by atoms with van der Waals surface area (Å²) in [4.78, 5) is 28.3. The van der Waals surface area contributed by atoms with E-state index in [0.29, 0.717) is 12.8 Å². The van der Waals surface area contributed by atoms with Crippen molar-refractivity contribution in [3.63, 3.8) is 0 Å². The van der Waals surface area contributed by atoms with Crippen molar-refractivity contribution in [3.8, 4) is 0 Å². The minimum Gasteiger partial charge on any atom is -0.350 e. The number of aromatic nitrogens is 3. The summed E-state index contributed by atoms with van der Waals surface area (Å²) in [7, 11) is 0. The Labute approximate surface area is 148 Å². The summed E-state index contributed by atoms with van der Waals surface area (Å²) in [5.74, 6) is -0.345. The molecule has 136 valence electrons. The molecule has 2 amide bonds. The normalized spacial score (nSPS) is 11.6. The lowest BCUT2D eigenvalue weighted by Crippen LogP contribution is -2.45. The van der Waals surface area contributed by atoms with Crippen LogP contribution in [0.5, 0.6) is 0 Å². The van der Waals surface area contributed by atoms with E-state index in [9.17, 15) is 9.59 Å². The Morgan fingerprint density at radius 3 is 2.48 bits per heavy atom. The number of carbonyl (C=O) groups excluding carboxylic acids is 2. The van der Waals surface area contributed by atoms with Gasteiger partial charge in [-0.3, -0.25) is 9.59 Å². The van der Waals surface area contributed by atoms with Gasteiger partial charge in [-0.25, -0.2) is 9.50 Å². The van der Waals surface area contributed by atoms with Crippen LogP contribution in [0.25, 0.3) is 5.65 Å². The molecular formula is C18H27N5O2. The number of rotatable bonds is 5. The number of nitrogens with zero attached hydrogens (tertiary/aromatic N) is 3. The maximum absolute atomic E-state index is 12.0. The summed E-state index contributed by atoms with van der Waals surface area (Å²) in [6.45, 7) is 11.6. The molecule has 0 aromatic carbocycles. The molecular weight excluding hydrogens is 318 g/mol. The van der Waals surface area contributed by atoms with E-state index in [2.05, 4.69) is 20.7 Å². The van der Waals surface area contributed by atoms with E-state index < -0.39 is 0 Å². The van der Waals surface area contributed by atoms with Crippen molar-refractivity contribution in [1.82, 2.24) is 25.2 Å². The average Bonchev–Trinajstić information content (AvgIpc) is 2.83. The van der Waals surface area contributed by atoms with E-state index in [-0.39, 0.29) is 23.9 Å². The summed E-state index contributed by atoms with van der Waals surface area (Å²) in [6, 6.07) is 1.93. The smallest absolute Gasteiger partial charge is 0.239 e. The monoisotopic (exact) mass is 345 g/mol. The van der Waals surface area contributed by atoms with Crippen LogP contribution in [-0.2, 0) is 16.0 Å². The van der Waals surface area contributed by atoms with Crippen LogP contribution >= 0.6 is 0 Å². The van der Waals surface area contributed by atoms with Gasteiger partial charge in [0.15, 0.2) is 5.65 Å². The summed E-state index contributed by atoms with van der Waals surface area (Å²) >= 11 is 0. The molecule has 2 heterocycles. The Bertz CT molecular complexity index is 802. The quantitative estimate of drug-likeness (QED) is 0.862. The fraction of sp³-hybridized carbons (Fsp3) is 0.556. The molecule has 7 heteroatoms. The lowest BCUT2D eigenvalue weighted by Gasteiger charge is -2.20. The molecule has 2 aromatic rings. The first-order valence-corrected chi connectivity index (χ1v) is 8.47. The first-order valence-electron chi connectivity index (χ1n) is 8.47. The SMILES string of the molecule is Cc1cc2nc(C)c(CCC(=O)NCC(=O)NC(C)(C)C)c(C)n2n1. The van der Waals surface area contributed by atoms with Crippen LogP contribution in [0.3, 0.4) is 0 Å². The van der Waals surface area contributed by atoms with Crippen LogP contribution in [-0.4, -0.2) is 38.5 Å². The number of nitrogens with one attached hydrogen (secondary N) is 2. The number of carbonyl (C=O) groups is 2. The molecule has 2 N–H and O–H groups in total. The van der Waals surface area contributed by atoms with Gasteiger partial charge in [-0.1, -0.05) is 0 Å². The van der Waals surface area contributed by atoms with Crippen molar-refractivity contribution in [2.45, 2.75) is 59.9 Å². The standard InChI is InChI=1S/C18H27N5O2/c1-11-9-15-20-12(2)14(13(3)23(15)22-11)7-8-16(24)19-10-17(25)21-18(4,5)6/h9H,7-8,10H2,1-6H3,(H,19,24)(H,21,25). The zero-order valence-electron chi connectivity index (χ0n) is 15.9. The first kappa shape index (κ1) is 18.9. The molecule has 0 aliphatic heterocycles. The Balaban J connectivity index is 1.96.